The van der Waals surface area contributed by atoms with Crippen LogP contribution in [0.1, 0.15) is 36.6 Å². The Kier molecular flexibility index (Phi) is 5.75. The molecular formula is C28H24N2O3S. The van der Waals surface area contributed by atoms with Crippen LogP contribution < -0.4 is 14.9 Å². The Morgan fingerprint density at radius 1 is 1.06 bits per heavy atom. The molecule has 0 bridgehead atoms. The van der Waals surface area contributed by atoms with Crippen molar-refractivity contribution in [3.05, 3.63) is 114 Å². The molecule has 34 heavy (non-hydrogen) atoms. The molecule has 0 N–H and O–H groups in total. The number of carbonyl (C=O) groups excluding carboxylic acids is 1. The van der Waals surface area contributed by atoms with Crippen molar-refractivity contribution in [1.82, 2.24) is 4.57 Å². The zero-order valence-electron chi connectivity index (χ0n) is 19.2. The largest absolute Gasteiger partial charge is 0.463 e. The predicted molar refractivity (Wildman–Crippen MR) is 136 cm³/mol. The summed E-state index contributed by atoms with van der Waals surface area (Å²) in [6.45, 7) is 5.83. The number of carbonyl (C=O) groups is 1. The second-order valence-electron chi connectivity index (χ2n) is 8.28. The van der Waals surface area contributed by atoms with E-state index in [1.54, 1.807) is 18.4 Å². The van der Waals surface area contributed by atoms with E-state index in [2.05, 4.69) is 23.2 Å². The summed E-state index contributed by atoms with van der Waals surface area (Å²) in [5, 5.41) is 2.19. The second kappa shape index (κ2) is 8.88. The Morgan fingerprint density at radius 3 is 2.56 bits per heavy atom. The fraction of sp³-hybridized carbons (Fsp3) is 0.179. The highest BCUT2D eigenvalue weighted by atomic mass is 32.1. The number of ether oxygens (including phenoxy) is 1. The molecule has 0 unspecified atom stereocenters. The van der Waals surface area contributed by atoms with Crippen LogP contribution in [0.25, 0.3) is 16.8 Å². The Balaban J connectivity index is 1.75. The molecule has 170 valence electrons. The molecule has 1 aromatic heterocycles. The lowest BCUT2D eigenvalue weighted by Gasteiger charge is -2.24. The number of hydrogen-bond acceptors (Lipinski definition) is 5. The van der Waals surface area contributed by atoms with Crippen LogP contribution in [0.4, 0.5) is 0 Å². The molecule has 5 rings (SSSR count). The van der Waals surface area contributed by atoms with E-state index in [-0.39, 0.29) is 12.2 Å². The van der Waals surface area contributed by atoms with Gasteiger partial charge in [-0.3, -0.25) is 9.36 Å². The molecule has 0 spiro atoms. The van der Waals surface area contributed by atoms with Crippen molar-refractivity contribution < 1.29 is 9.53 Å². The van der Waals surface area contributed by atoms with Crippen molar-refractivity contribution in [3.8, 4) is 0 Å². The van der Waals surface area contributed by atoms with Gasteiger partial charge in [0.2, 0.25) is 0 Å². The van der Waals surface area contributed by atoms with E-state index in [4.69, 9.17) is 4.74 Å². The minimum atomic E-state index is -0.592. The number of nitrogens with zero attached hydrogens (tertiary/aromatic N) is 2. The molecule has 1 aliphatic rings. The van der Waals surface area contributed by atoms with Crippen LogP contribution in [0.2, 0.25) is 0 Å². The predicted octanol–water partition coefficient (Wildman–Crippen LogP) is 4.26. The third kappa shape index (κ3) is 3.80. The zero-order valence-corrected chi connectivity index (χ0v) is 20.1. The first-order valence-corrected chi connectivity index (χ1v) is 12.0. The lowest BCUT2D eigenvalue weighted by atomic mass is 9.95. The van der Waals surface area contributed by atoms with Gasteiger partial charge < -0.3 is 4.74 Å². The standard InChI is InChI=1S/C28H24N2O3S/c1-4-33-27(32)24-18(3)29-28-30(25(24)20-14-12-17(2)13-15-20)26(31)23(34-28)16-21-10-7-9-19-8-5-6-11-22(19)21/h5-16,25H,4H2,1-3H3/b23-16-/t25-/m1/s1. The summed E-state index contributed by atoms with van der Waals surface area (Å²) in [4.78, 5) is 31.9. The van der Waals surface area contributed by atoms with E-state index < -0.39 is 12.0 Å². The molecule has 0 saturated heterocycles. The fourth-order valence-corrected chi connectivity index (χ4v) is 5.41. The van der Waals surface area contributed by atoms with Gasteiger partial charge in [-0.25, -0.2) is 9.79 Å². The maximum absolute atomic E-state index is 13.7. The maximum Gasteiger partial charge on any atom is 0.338 e. The molecule has 2 heterocycles. The SMILES string of the molecule is CCOC(=O)C1=C(C)N=c2s/c(=C\c3cccc4ccccc34)c(=O)n2[C@@H]1c1ccc(C)cc1. The molecule has 1 aliphatic heterocycles. The molecule has 0 radical (unpaired) electrons. The molecular weight excluding hydrogens is 444 g/mol. The minimum absolute atomic E-state index is 0.170. The Hall–Kier alpha value is -3.77. The number of aryl methyl sites for hydroxylation is 1. The summed E-state index contributed by atoms with van der Waals surface area (Å²) in [6, 6.07) is 21.5. The van der Waals surface area contributed by atoms with E-state index in [1.165, 1.54) is 11.3 Å². The molecule has 3 aromatic carbocycles. The zero-order chi connectivity index (χ0) is 23.8. The van der Waals surface area contributed by atoms with Gasteiger partial charge in [0.15, 0.2) is 4.80 Å². The Bertz CT molecular complexity index is 1620. The molecule has 0 aliphatic carbocycles. The van der Waals surface area contributed by atoms with Gasteiger partial charge in [-0.1, -0.05) is 83.6 Å². The summed E-state index contributed by atoms with van der Waals surface area (Å²) in [7, 11) is 0. The van der Waals surface area contributed by atoms with E-state index in [0.717, 1.165) is 27.5 Å². The summed E-state index contributed by atoms with van der Waals surface area (Å²) in [5.41, 5.74) is 3.72. The highest BCUT2D eigenvalue weighted by molar-refractivity contribution is 7.07. The monoisotopic (exact) mass is 468 g/mol. The van der Waals surface area contributed by atoms with Gasteiger partial charge in [0, 0.05) is 0 Å². The lowest BCUT2D eigenvalue weighted by Crippen LogP contribution is -2.39. The first kappa shape index (κ1) is 22.0. The van der Waals surface area contributed by atoms with Crippen LogP contribution in [0, 0.1) is 6.92 Å². The van der Waals surface area contributed by atoms with E-state index in [1.807, 2.05) is 61.5 Å². The van der Waals surface area contributed by atoms with Gasteiger partial charge in [0.1, 0.15) is 0 Å². The van der Waals surface area contributed by atoms with E-state index >= 15 is 0 Å². The quantitative estimate of drug-likeness (QED) is 0.421. The minimum Gasteiger partial charge on any atom is -0.463 e. The fourth-order valence-electron chi connectivity index (χ4n) is 4.37. The van der Waals surface area contributed by atoms with Crippen LogP contribution >= 0.6 is 11.3 Å². The van der Waals surface area contributed by atoms with Crippen molar-refractivity contribution in [2.75, 3.05) is 6.61 Å². The number of esters is 1. The van der Waals surface area contributed by atoms with Crippen molar-refractivity contribution in [1.29, 1.82) is 0 Å². The van der Waals surface area contributed by atoms with Gasteiger partial charge in [0.25, 0.3) is 5.56 Å². The average molecular weight is 469 g/mol. The summed E-state index contributed by atoms with van der Waals surface area (Å²) in [6.07, 6.45) is 1.92. The highest BCUT2D eigenvalue weighted by Gasteiger charge is 2.33. The molecule has 4 aromatic rings. The molecule has 0 fully saturated rings. The number of thiazole rings is 1. The smallest absolute Gasteiger partial charge is 0.338 e. The summed E-state index contributed by atoms with van der Waals surface area (Å²) < 4.78 is 7.56. The van der Waals surface area contributed by atoms with Crippen molar-refractivity contribution in [2.24, 2.45) is 4.99 Å². The summed E-state index contributed by atoms with van der Waals surface area (Å²) >= 11 is 1.34. The van der Waals surface area contributed by atoms with Gasteiger partial charge in [-0.15, -0.1) is 0 Å². The Labute approximate surface area is 201 Å². The van der Waals surface area contributed by atoms with Gasteiger partial charge in [-0.05, 0) is 48.7 Å². The number of fused-ring (bicyclic) bond motifs is 2. The maximum atomic E-state index is 13.7. The van der Waals surface area contributed by atoms with E-state index in [9.17, 15) is 9.59 Å². The summed E-state index contributed by atoms with van der Waals surface area (Å²) in [5.74, 6) is -0.447. The third-order valence-corrected chi connectivity index (χ3v) is 7.00. The van der Waals surface area contributed by atoms with Gasteiger partial charge in [0.05, 0.1) is 28.5 Å². The molecule has 0 saturated carbocycles. The molecule has 0 amide bonds. The number of allylic oxidation sites excluding steroid dienone is 1. The van der Waals surface area contributed by atoms with Crippen LogP contribution in [-0.4, -0.2) is 17.1 Å². The van der Waals surface area contributed by atoms with Crippen LogP contribution in [0.3, 0.4) is 0 Å². The lowest BCUT2D eigenvalue weighted by molar-refractivity contribution is -0.139. The topological polar surface area (TPSA) is 60.7 Å². The van der Waals surface area contributed by atoms with Crippen LogP contribution in [0.5, 0.6) is 0 Å². The number of hydrogen-bond donors (Lipinski definition) is 0. The van der Waals surface area contributed by atoms with Crippen LogP contribution in [-0.2, 0) is 9.53 Å². The van der Waals surface area contributed by atoms with E-state index in [0.29, 0.717) is 20.6 Å². The van der Waals surface area contributed by atoms with Crippen molar-refractivity contribution in [2.45, 2.75) is 26.8 Å². The first-order valence-electron chi connectivity index (χ1n) is 11.2. The van der Waals surface area contributed by atoms with Gasteiger partial charge in [-0.2, -0.15) is 0 Å². The second-order valence-corrected chi connectivity index (χ2v) is 9.29. The Morgan fingerprint density at radius 2 is 1.79 bits per heavy atom. The number of aromatic nitrogens is 1. The third-order valence-electron chi connectivity index (χ3n) is 6.02. The highest BCUT2D eigenvalue weighted by Crippen LogP contribution is 2.31. The normalized spacial score (nSPS) is 15.9. The number of benzene rings is 3. The molecule has 6 heteroatoms. The first-order chi connectivity index (χ1) is 16.5. The molecule has 5 nitrogen and oxygen atoms in total. The van der Waals surface area contributed by atoms with Crippen molar-refractivity contribution >= 4 is 34.2 Å². The molecule has 1 atom stereocenters. The van der Waals surface area contributed by atoms with Gasteiger partial charge >= 0.3 is 5.97 Å². The van der Waals surface area contributed by atoms with Crippen LogP contribution in [0.15, 0.2) is 87.8 Å². The average Bonchev–Trinajstić information content (AvgIpc) is 3.13. The van der Waals surface area contributed by atoms with Crippen molar-refractivity contribution in [3.63, 3.8) is 0 Å². The number of rotatable bonds is 4.